The Balaban J connectivity index is 3.03. The Bertz CT molecular complexity index is 318. The lowest BCUT2D eigenvalue weighted by molar-refractivity contribution is 0.514. The molecule has 0 amide bonds. The van der Waals surface area contributed by atoms with E-state index in [0.717, 1.165) is 11.0 Å². The summed E-state index contributed by atoms with van der Waals surface area (Å²) in [6.45, 7) is 6.50. The van der Waals surface area contributed by atoms with Gasteiger partial charge in [-0.1, -0.05) is 35.0 Å². The van der Waals surface area contributed by atoms with Crippen molar-refractivity contribution < 1.29 is 4.39 Å². The first-order valence-corrected chi connectivity index (χ1v) is 5.78. The third kappa shape index (κ3) is 3.14. The third-order valence-electron chi connectivity index (χ3n) is 2.20. The Kier molecular flexibility index (Phi) is 4.99. The van der Waals surface area contributed by atoms with Crippen LogP contribution in [0.2, 0.25) is 0 Å². The second-order valence-electron chi connectivity index (χ2n) is 3.27. The molecule has 82 valence electrons. The van der Waals surface area contributed by atoms with Gasteiger partial charge in [0.05, 0.1) is 0 Å². The monoisotopic (exact) mass is 271 g/mol. The molecule has 0 saturated heterocycles. The SMILES string of the molecule is C=CCC(NCC)c1c(F)cccc1Br. The lowest BCUT2D eigenvalue weighted by atomic mass is 10.0. The van der Waals surface area contributed by atoms with E-state index in [0.29, 0.717) is 12.0 Å². The van der Waals surface area contributed by atoms with Gasteiger partial charge in [0.15, 0.2) is 0 Å². The minimum absolute atomic E-state index is 0.0110. The van der Waals surface area contributed by atoms with Crippen molar-refractivity contribution in [2.75, 3.05) is 6.54 Å². The van der Waals surface area contributed by atoms with E-state index in [-0.39, 0.29) is 11.9 Å². The second kappa shape index (κ2) is 6.03. The maximum absolute atomic E-state index is 13.6. The van der Waals surface area contributed by atoms with E-state index in [9.17, 15) is 4.39 Å². The van der Waals surface area contributed by atoms with Gasteiger partial charge in [0.2, 0.25) is 0 Å². The van der Waals surface area contributed by atoms with E-state index in [1.165, 1.54) is 6.07 Å². The van der Waals surface area contributed by atoms with Crippen molar-refractivity contribution in [1.29, 1.82) is 0 Å². The number of halogens is 2. The molecule has 1 N–H and O–H groups in total. The molecule has 3 heteroatoms. The summed E-state index contributed by atoms with van der Waals surface area (Å²) in [7, 11) is 0. The van der Waals surface area contributed by atoms with Crippen LogP contribution in [-0.2, 0) is 0 Å². The highest BCUT2D eigenvalue weighted by Gasteiger charge is 2.16. The summed E-state index contributed by atoms with van der Waals surface area (Å²) < 4.78 is 14.4. The summed E-state index contributed by atoms with van der Waals surface area (Å²) in [4.78, 5) is 0. The zero-order valence-corrected chi connectivity index (χ0v) is 10.3. The molecular weight excluding hydrogens is 257 g/mol. The second-order valence-corrected chi connectivity index (χ2v) is 4.12. The molecule has 0 saturated carbocycles. The van der Waals surface area contributed by atoms with Gasteiger partial charge in [-0.3, -0.25) is 0 Å². The van der Waals surface area contributed by atoms with Crippen LogP contribution in [0.1, 0.15) is 24.9 Å². The van der Waals surface area contributed by atoms with Gasteiger partial charge in [0.25, 0.3) is 0 Å². The topological polar surface area (TPSA) is 12.0 Å². The number of hydrogen-bond acceptors (Lipinski definition) is 1. The van der Waals surface area contributed by atoms with Crippen LogP contribution in [0.15, 0.2) is 35.3 Å². The summed E-state index contributed by atoms with van der Waals surface area (Å²) >= 11 is 3.37. The normalized spacial score (nSPS) is 12.5. The van der Waals surface area contributed by atoms with Crippen molar-refractivity contribution >= 4 is 15.9 Å². The van der Waals surface area contributed by atoms with Gasteiger partial charge < -0.3 is 5.32 Å². The fourth-order valence-corrected chi connectivity index (χ4v) is 2.18. The molecule has 1 aromatic rings. The van der Waals surface area contributed by atoms with Crippen LogP contribution < -0.4 is 5.32 Å². The van der Waals surface area contributed by atoms with Gasteiger partial charge in [0.1, 0.15) is 5.82 Å². The van der Waals surface area contributed by atoms with E-state index in [1.54, 1.807) is 12.1 Å². The standard InChI is InChI=1S/C12H15BrFN/c1-3-6-11(15-4-2)12-9(13)7-5-8-10(12)14/h3,5,7-8,11,15H,1,4,6H2,2H3. The maximum atomic E-state index is 13.6. The molecule has 0 radical (unpaired) electrons. The van der Waals surface area contributed by atoms with Crippen molar-refractivity contribution in [1.82, 2.24) is 5.32 Å². The van der Waals surface area contributed by atoms with E-state index in [2.05, 4.69) is 27.8 Å². The summed E-state index contributed by atoms with van der Waals surface area (Å²) in [6.07, 6.45) is 2.51. The van der Waals surface area contributed by atoms with Crippen molar-refractivity contribution in [3.63, 3.8) is 0 Å². The van der Waals surface area contributed by atoms with E-state index < -0.39 is 0 Å². The predicted molar refractivity (Wildman–Crippen MR) is 65.3 cm³/mol. The lowest BCUT2D eigenvalue weighted by Crippen LogP contribution is -2.21. The molecule has 0 aliphatic carbocycles. The van der Waals surface area contributed by atoms with E-state index in [1.807, 2.05) is 13.0 Å². The number of rotatable bonds is 5. The molecule has 0 fully saturated rings. The fourth-order valence-electron chi connectivity index (χ4n) is 1.56. The summed E-state index contributed by atoms with van der Waals surface area (Å²) in [5.41, 5.74) is 0.680. The molecular formula is C12H15BrFN. The van der Waals surface area contributed by atoms with Crippen LogP contribution in [0.4, 0.5) is 4.39 Å². The first kappa shape index (κ1) is 12.4. The van der Waals surface area contributed by atoms with Crippen LogP contribution >= 0.6 is 15.9 Å². The molecule has 0 spiro atoms. The quantitative estimate of drug-likeness (QED) is 0.803. The Hall–Kier alpha value is -0.670. The summed E-state index contributed by atoms with van der Waals surface area (Å²) in [5, 5.41) is 3.24. The van der Waals surface area contributed by atoms with Crippen molar-refractivity contribution in [3.05, 3.63) is 46.7 Å². The van der Waals surface area contributed by atoms with Crippen molar-refractivity contribution in [3.8, 4) is 0 Å². The molecule has 1 rings (SSSR count). The first-order chi connectivity index (χ1) is 7.20. The van der Waals surface area contributed by atoms with Crippen LogP contribution in [0, 0.1) is 5.82 Å². The molecule has 0 aliphatic heterocycles. The molecule has 0 heterocycles. The zero-order valence-electron chi connectivity index (χ0n) is 8.76. The van der Waals surface area contributed by atoms with Gasteiger partial charge in [-0.25, -0.2) is 4.39 Å². The molecule has 0 aliphatic rings. The number of nitrogens with one attached hydrogen (secondary N) is 1. The molecule has 0 aromatic heterocycles. The Labute approximate surface area is 98.5 Å². The molecule has 0 bridgehead atoms. The van der Waals surface area contributed by atoms with Crippen LogP contribution in [0.5, 0.6) is 0 Å². The highest BCUT2D eigenvalue weighted by atomic mass is 79.9. The third-order valence-corrected chi connectivity index (χ3v) is 2.89. The van der Waals surface area contributed by atoms with Crippen LogP contribution in [-0.4, -0.2) is 6.54 Å². The molecule has 1 nitrogen and oxygen atoms in total. The average molecular weight is 272 g/mol. The van der Waals surface area contributed by atoms with Gasteiger partial charge >= 0.3 is 0 Å². The van der Waals surface area contributed by atoms with Crippen LogP contribution in [0.3, 0.4) is 0 Å². The highest BCUT2D eigenvalue weighted by molar-refractivity contribution is 9.10. The Morgan fingerprint density at radius 3 is 2.87 bits per heavy atom. The predicted octanol–water partition coefficient (Wildman–Crippen LogP) is 3.81. The van der Waals surface area contributed by atoms with Gasteiger partial charge in [0, 0.05) is 16.1 Å². The smallest absolute Gasteiger partial charge is 0.129 e. The fraction of sp³-hybridized carbons (Fsp3) is 0.333. The van der Waals surface area contributed by atoms with Gasteiger partial charge in [-0.15, -0.1) is 6.58 Å². The first-order valence-electron chi connectivity index (χ1n) is 4.98. The van der Waals surface area contributed by atoms with E-state index >= 15 is 0 Å². The molecule has 1 unspecified atom stereocenters. The van der Waals surface area contributed by atoms with E-state index in [4.69, 9.17) is 0 Å². The Morgan fingerprint density at radius 1 is 1.60 bits per heavy atom. The van der Waals surface area contributed by atoms with Gasteiger partial charge in [-0.05, 0) is 25.1 Å². The zero-order chi connectivity index (χ0) is 11.3. The minimum atomic E-state index is -0.183. The highest BCUT2D eigenvalue weighted by Crippen LogP contribution is 2.28. The average Bonchev–Trinajstić information content (AvgIpc) is 2.18. The minimum Gasteiger partial charge on any atom is -0.310 e. The van der Waals surface area contributed by atoms with Crippen molar-refractivity contribution in [2.45, 2.75) is 19.4 Å². The van der Waals surface area contributed by atoms with Gasteiger partial charge in [-0.2, -0.15) is 0 Å². The maximum Gasteiger partial charge on any atom is 0.129 e. The molecule has 1 atom stereocenters. The molecule has 1 aromatic carbocycles. The van der Waals surface area contributed by atoms with Crippen LogP contribution in [0.25, 0.3) is 0 Å². The Morgan fingerprint density at radius 2 is 2.33 bits per heavy atom. The summed E-state index contributed by atoms with van der Waals surface area (Å²) in [6, 6.07) is 5.02. The number of hydrogen-bond donors (Lipinski definition) is 1. The number of benzene rings is 1. The molecule has 15 heavy (non-hydrogen) atoms. The largest absolute Gasteiger partial charge is 0.310 e. The van der Waals surface area contributed by atoms with Crippen molar-refractivity contribution in [2.24, 2.45) is 0 Å². The lowest BCUT2D eigenvalue weighted by Gasteiger charge is -2.18. The summed E-state index contributed by atoms with van der Waals surface area (Å²) in [5.74, 6) is -0.183.